The van der Waals surface area contributed by atoms with Crippen molar-refractivity contribution < 1.29 is 0 Å². The van der Waals surface area contributed by atoms with Crippen LogP contribution in [0.2, 0.25) is 0 Å². The van der Waals surface area contributed by atoms with Gasteiger partial charge in [0.2, 0.25) is 0 Å². The van der Waals surface area contributed by atoms with Gasteiger partial charge < -0.3 is 13.7 Å². The lowest BCUT2D eigenvalue weighted by atomic mass is 10.1. The Morgan fingerprint density at radius 2 is 0.625 bits per heavy atom. The second-order valence-electron chi connectivity index (χ2n) is 17.6. The monoisotopic (exact) mass is 827 g/mol. The second-order valence-corrected chi connectivity index (χ2v) is 21.2. The fourth-order valence-electron chi connectivity index (χ4n) is 12.3. The summed E-state index contributed by atoms with van der Waals surface area (Å²) in [7, 11) is -2.62. The maximum absolute atomic E-state index is 2.62. The van der Waals surface area contributed by atoms with Crippen molar-refractivity contribution in [3.8, 4) is 39.3 Å². The van der Waals surface area contributed by atoms with Gasteiger partial charge in [0.05, 0.1) is 33.1 Å². The molecule has 0 saturated carbocycles. The van der Waals surface area contributed by atoms with Gasteiger partial charge in [0.15, 0.2) is 8.07 Å². The molecule has 0 fully saturated rings. The molecule has 15 rings (SSSR count). The Bertz CT molecular complexity index is 4080. The van der Waals surface area contributed by atoms with Crippen LogP contribution in [-0.4, -0.2) is 21.8 Å². The predicted octanol–water partition coefficient (Wildman–Crippen LogP) is 12.3. The molecule has 5 heterocycles. The largest absolute Gasteiger partial charge is 0.309 e. The third-order valence-electron chi connectivity index (χ3n) is 14.6. The summed E-state index contributed by atoms with van der Waals surface area (Å²) in [5.41, 5.74) is 16.3. The van der Waals surface area contributed by atoms with Crippen LogP contribution in [0, 0.1) is 0 Å². The number of hydrogen-bond acceptors (Lipinski definition) is 0. The molecule has 0 atom stereocenters. The molecule has 296 valence electrons. The molecule has 0 saturated heterocycles. The number of para-hydroxylation sites is 4. The smallest absolute Gasteiger partial charge is 0.182 e. The molecule has 0 aliphatic carbocycles. The molecule has 0 amide bonds. The highest BCUT2D eigenvalue weighted by Crippen LogP contribution is 2.44. The minimum atomic E-state index is -2.62. The first kappa shape index (κ1) is 34.4. The average molecular weight is 828 g/mol. The highest BCUT2D eigenvalue weighted by atomic mass is 28.3. The van der Waals surface area contributed by atoms with Crippen molar-refractivity contribution in [1.29, 1.82) is 0 Å². The van der Waals surface area contributed by atoms with Gasteiger partial charge in [0, 0.05) is 49.4 Å². The molecule has 1 spiro atoms. The highest BCUT2D eigenvalue weighted by Gasteiger charge is 2.53. The first-order chi connectivity index (χ1) is 31.8. The lowest BCUT2D eigenvalue weighted by Crippen LogP contribution is -2.70. The minimum Gasteiger partial charge on any atom is -0.309 e. The van der Waals surface area contributed by atoms with Crippen LogP contribution in [0.3, 0.4) is 0 Å². The number of nitrogens with zero attached hydrogens (tertiary/aromatic N) is 3. The SMILES string of the molecule is c1ccc(-n2c3ccccc3c3cc(-n4c5ccccc5c5c6c7ccccc7n(-c7ccc8c(c7)[Si]7(c9ccccc9-c9ccccc97)c7ccccc7-8)c6ccc54)ccc32)cc1. The second kappa shape index (κ2) is 12.5. The fourth-order valence-corrected chi connectivity index (χ4v) is 17.9. The van der Waals surface area contributed by atoms with Gasteiger partial charge in [0.25, 0.3) is 0 Å². The van der Waals surface area contributed by atoms with Gasteiger partial charge >= 0.3 is 0 Å². The van der Waals surface area contributed by atoms with E-state index in [1.54, 1.807) is 0 Å². The maximum atomic E-state index is 2.57. The molecule has 0 N–H and O–H groups in total. The zero-order chi connectivity index (χ0) is 41.7. The van der Waals surface area contributed by atoms with Gasteiger partial charge in [-0.15, -0.1) is 0 Å². The minimum absolute atomic E-state index is 1.16. The first-order valence-electron chi connectivity index (χ1n) is 22.3. The van der Waals surface area contributed by atoms with Gasteiger partial charge in [-0.25, -0.2) is 0 Å². The van der Waals surface area contributed by atoms with Gasteiger partial charge in [0.1, 0.15) is 0 Å². The Labute approximate surface area is 369 Å². The van der Waals surface area contributed by atoms with Crippen molar-refractivity contribution in [1.82, 2.24) is 13.7 Å². The molecule has 13 aromatic rings. The van der Waals surface area contributed by atoms with E-state index in [4.69, 9.17) is 0 Å². The summed E-state index contributed by atoms with van der Waals surface area (Å²) in [6.45, 7) is 0. The van der Waals surface area contributed by atoms with Crippen LogP contribution in [-0.2, 0) is 0 Å². The van der Waals surface area contributed by atoms with E-state index in [1.807, 2.05) is 0 Å². The predicted molar refractivity (Wildman–Crippen MR) is 271 cm³/mol. The number of aromatic nitrogens is 3. The van der Waals surface area contributed by atoms with Crippen molar-refractivity contribution in [3.05, 3.63) is 224 Å². The van der Waals surface area contributed by atoms with E-state index < -0.39 is 8.07 Å². The molecule has 2 aliphatic rings. The van der Waals surface area contributed by atoms with Gasteiger partial charge in [-0.1, -0.05) is 152 Å². The van der Waals surface area contributed by atoms with E-state index in [2.05, 4.69) is 238 Å². The van der Waals surface area contributed by atoms with Crippen molar-refractivity contribution in [2.45, 2.75) is 0 Å². The average Bonchev–Trinajstić information content (AvgIpc) is 4.13. The topological polar surface area (TPSA) is 14.8 Å². The number of hydrogen-bond donors (Lipinski definition) is 0. The maximum Gasteiger partial charge on any atom is 0.182 e. The van der Waals surface area contributed by atoms with Crippen LogP contribution in [0.1, 0.15) is 0 Å². The molecular formula is C60H37N3Si. The van der Waals surface area contributed by atoms with Crippen LogP contribution < -0.4 is 20.7 Å². The molecule has 3 aromatic heterocycles. The normalized spacial score (nSPS) is 13.4. The Morgan fingerprint density at radius 3 is 1.20 bits per heavy atom. The van der Waals surface area contributed by atoms with Crippen molar-refractivity contribution in [2.24, 2.45) is 0 Å². The summed E-state index contributed by atoms with van der Waals surface area (Å²) in [5, 5.41) is 13.6. The van der Waals surface area contributed by atoms with Crippen LogP contribution in [0.5, 0.6) is 0 Å². The lowest BCUT2D eigenvalue weighted by molar-refractivity contribution is 1.16. The van der Waals surface area contributed by atoms with E-state index >= 15 is 0 Å². The Morgan fingerprint density at radius 1 is 0.234 bits per heavy atom. The van der Waals surface area contributed by atoms with Crippen LogP contribution in [0.4, 0.5) is 0 Å². The van der Waals surface area contributed by atoms with E-state index in [0.29, 0.717) is 0 Å². The van der Waals surface area contributed by atoms with E-state index in [9.17, 15) is 0 Å². The van der Waals surface area contributed by atoms with E-state index in [-0.39, 0.29) is 0 Å². The summed E-state index contributed by atoms with van der Waals surface area (Å²) in [6, 6.07) is 84.4. The number of rotatable bonds is 3. The standard InChI is InChI=1S/C60H37N3Si/c1-2-16-38(17-3-1)61-49-24-10-4-18-41(49)48-36-39(31-33-52(48)61)62-50-25-11-5-22-46(50)59-53(62)34-35-54-60(59)47-23-6-12-26-51(47)63(54)40-30-32-45-44-21-9-15-29-57(44)64(58(45)37-40)55-27-13-7-19-42(55)43-20-8-14-28-56(43)64/h1-37H. The molecule has 0 unspecified atom stereocenters. The first-order valence-corrected chi connectivity index (χ1v) is 24.3. The zero-order valence-corrected chi connectivity index (χ0v) is 35.7. The molecular weight excluding hydrogens is 791 g/mol. The molecule has 0 bridgehead atoms. The van der Waals surface area contributed by atoms with Crippen LogP contribution in [0.25, 0.3) is 105 Å². The summed E-state index contributed by atoms with van der Waals surface area (Å²) in [6.07, 6.45) is 0. The van der Waals surface area contributed by atoms with Crippen LogP contribution in [0.15, 0.2) is 224 Å². The summed E-state index contributed by atoms with van der Waals surface area (Å²) in [5.74, 6) is 0. The third kappa shape index (κ3) is 4.21. The summed E-state index contributed by atoms with van der Waals surface area (Å²) >= 11 is 0. The fraction of sp³-hybridized carbons (Fsp3) is 0. The number of benzene rings is 10. The molecule has 3 nitrogen and oxygen atoms in total. The quantitative estimate of drug-likeness (QED) is 0.158. The Hall–Kier alpha value is -8.18. The molecule has 2 aliphatic heterocycles. The van der Waals surface area contributed by atoms with Crippen LogP contribution >= 0.6 is 0 Å². The highest BCUT2D eigenvalue weighted by molar-refractivity contribution is 7.24. The summed E-state index contributed by atoms with van der Waals surface area (Å²) in [4.78, 5) is 0. The molecule has 0 radical (unpaired) electrons. The Kier molecular flexibility index (Phi) is 6.71. The van der Waals surface area contributed by atoms with Gasteiger partial charge in [-0.2, -0.15) is 0 Å². The molecule has 10 aromatic carbocycles. The van der Waals surface area contributed by atoms with Crippen molar-refractivity contribution in [2.75, 3.05) is 0 Å². The third-order valence-corrected chi connectivity index (χ3v) is 19.6. The van der Waals surface area contributed by atoms with Crippen molar-refractivity contribution in [3.63, 3.8) is 0 Å². The van der Waals surface area contributed by atoms with Crippen molar-refractivity contribution >= 4 is 94.2 Å². The van der Waals surface area contributed by atoms with Gasteiger partial charge in [-0.3, -0.25) is 0 Å². The molecule has 4 heteroatoms. The number of fused-ring (bicyclic) bond motifs is 20. The van der Waals surface area contributed by atoms with E-state index in [0.717, 1.165) is 5.69 Å². The summed E-state index contributed by atoms with van der Waals surface area (Å²) < 4.78 is 7.42. The van der Waals surface area contributed by atoms with E-state index in [1.165, 1.54) is 120 Å². The van der Waals surface area contributed by atoms with Gasteiger partial charge in [-0.05, 0) is 116 Å². The lowest BCUT2D eigenvalue weighted by Gasteiger charge is -2.28. The molecule has 64 heavy (non-hydrogen) atoms. The zero-order valence-electron chi connectivity index (χ0n) is 34.7. The Balaban J connectivity index is 0.996.